The molecule has 14 heteroatoms. The Balaban J connectivity index is 1.99. The van der Waals surface area contributed by atoms with E-state index < -0.39 is 41.7 Å². The van der Waals surface area contributed by atoms with E-state index in [1.807, 2.05) is 0 Å². The maximum absolute atomic E-state index is 13.2. The molecule has 1 unspecified atom stereocenters. The highest BCUT2D eigenvalue weighted by molar-refractivity contribution is 7.21. The van der Waals surface area contributed by atoms with Crippen LogP contribution >= 0.6 is 11.3 Å². The molecule has 0 fully saturated rings. The van der Waals surface area contributed by atoms with Crippen LogP contribution in [0.2, 0.25) is 0 Å². The molecule has 0 aliphatic carbocycles. The highest BCUT2D eigenvalue weighted by Crippen LogP contribution is 2.41. The van der Waals surface area contributed by atoms with Gasteiger partial charge in [-0.25, -0.2) is 10.6 Å². The average Bonchev–Trinajstić information content (AvgIpc) is 3.20. The van der Waals surface area contributed by atoms with E-state index >= 15 is 0 Å². The Morgan fingerprint density at radius 3 is 2.38 bits per heavy atom. The van der Waals surface area contributed by atoms with Crippen LogP contribution in [0.15, 0.2) is 48.4 Å². The molecule has 200 valence electrons. The summed E-state index contributed by atoms with van der Waals surface area (Å²) >= 11 is 1.01. The third kappa shape index (κ3) is 5.65. The lowest BCUT2D eigenvalue weighted by atomic mass is 9.96. The predicted molar refractivity (Wildman–Crippen MR) is 125 cm³/mol. The maximum Gasteiger partial charge on any atom is 0.433 e. The summed E-state index contributed by atoms with van der Waals surface area (Å²) in [5.41, 5.74) is 1.39. The average molecular weight is 549 g/mol. The van der Waals surface area contributed by atoms with E-state index in [4.69, 9.17) is 16.3 Å². The zero-order valence-electron chi connectivity index (χ0n) is 19.4. The summed E-state index contributed by atoms with van der Waals surface area (Å²) < 4.78 is 83.8. The van der Waals surface area contributed by atoms with E-state index in [1.165, 1.54) is 6.07 Å². The van der Waals surface area contributed by atoms with Crippen LogP contribution < -0.4 is 11.6 Å². The first-order chi connectivity index (χ1) is 17.1. The first-order valence-electron chi connectivity index (χ1n) is 10.6. The molecule has 7 nitrogen and oxygen atoms in total. The summed E-state index contributed by atoms with van der Waals surface area (Å²) in [4.78, 5) is 16.0. The molecule has 0 radical (unpaired) electrons. The number of rotatable bonds is 7. The summed E-state index contributed by atoms with van der Waals surface area (Å²) in [6, 6.07) is 6.79. The van der Waals surface area contributed by atoms with Crippen LogP contribution in [0.25, 0.3) is 21.2 Å². The van der Waals surface area contributed by atoms with Crippen molar-refractivity contribution in [2.24, 2.45) is 11.6 Å². The van der Waals surface area contributed by atoms with Crippen molar-refractivity contribution < 1.29 is 41.0 Å². The van der Waals surface area contributed by atoms with Crippen molar-refractivity contribution in [3.8, 4) is 11.1 Å². The first-order valence-corrected chi connectivity index (χ1v) is 11.4. The van der Waals surface area contributed by atoms with Crippen LogP contribution in [0.4, 0.5) is 26.3 Å². The molecular formula is C23H22F6N4O3S. The van der Waals surface area contributed by atoms with Crippen LogP contribution in [-0.2, 0) is 17.5 Å². The number of hydrogen-bond acceptors (Lipinski definition) is 8. The number of aliphatic hydroxyl groups is 1. The van der Waals surface area contributed by atoms with Gasteiger partial charge < -0.3 is 20.6 Å². The van der Waals surface area contributed by atoms with E-state index in [-0.39, 0.29) is 17.0 Å². The summed E-state index contributed by atoms with van der Waals surface area (Å²) in [5, 5.41) is 11.3. The van der Waals surface area contributed by atoms with Gasteiger partial charge in [0, 0.05) is 33.6 Å². The molecular weight excluding hydrogens is 526 g/mol. The van der Waals surface area contributed by atoms with E-state index in [2.05, 4.69) is 4.98 Å². The number of alkyl halides is 6. The van der Waals surface area contributed by atoms with Gasteiger partial charge in [0.15, 0.2) is 0 Å². The molecule has 0 aliphatic rings. The topological polar surface area (TPSA) is 115 Å². The van der Waals surface area contributed by atoms with Gasteiger partial charge in [-0.2, -0.15) is 26.3 Å². The van der Waals surface area contributed by atoms with Crippen LogP contribution in [0, 0.1) is 0 Å². The molecule has 0 bridgehead atoms. The number of nitrogens with zero attached hydrogens (tertiary/aromatic N) is 2. The van der Waals surface area contributed by atoms with E-state index in [0.29, 0.717) is 21.2 Å². The van der Waals surface area contributed by atoms with Crippen molar-refractivity contribution in [1.29, 1.82) is 0 Å². The molecule has 3 rings (SSSR count). The van der Waals surface area contributed by atoms with Crippen molar-refractivity contribution >= 4 is 27.4 Å². The number of hydrazine groups is 1. The van der Waals surface area contributed by atoms with Crippen LogP contribution in [0.5, 0.6) is 0 Å². The van der Waals surface area contributed by atoms with Gasteiger partial charge in [0.25, 0.3) is 0 Å². The molecule has 0 amide bonds. The van der Waals surface area contributed by atoms with Gasteiger partial charge in [0.05, 0.1) is 19.4 Å². The van der Waals surface area contributed by atoms with E-state index in [9.17, 15) is 36.2 Å². The molecule has 0 spiro atoms. The molecule has 3 aromatic rings. The van der Waals surface area contributed by atoms with Crippen molar-refractivity contribution in [2.75, 3.05) is 7.11 Å². The van der Waals surface area contributed by atoms with Gasteiger partial charge in [-0.3, -0.25) is 4.98 Å². The highest BCUT2D eigenvalue weighted by atomic mass is 32.1. The van der Waals surface area contributed by atoms with Gasteiger partial charge in [0.1, 0.15) is 10.6 Å². The predicted octanol–water partition coefficient (Wildman–Crippen LogP) is 4.95. The Morgan fingerprint density at radius 2 is 1.86 bits per heavy atom. The standard InChI is InChI=1S/C23H22F6N4O3S/c1-3-21(35,23(27,28)29)16(30)11-33(31)10-12-4-6-14-15(8-12)37-19(20(34)36-2)18(14)13-5-7-17(32-9-13)22(24,25)26/h4-9,11,35H,3,10,30-31H2,1-2H3/b16-11-. The number of ether oxygens (including phenoxy) is 1. The minimum atomic E-state index is -5.01. The lowest BCUT2D eigenvalue weighted by Crippen LogP contribution is -2.49. The molecule has 0 saturated carbocycles. The number of hydrogen-bond donors (Lipinski definition) is 3. The first kappa shape index (κ1) is 28.2. The van der Waals surface area contributed by atoms with Crippen LogP contribution in [0.1, 0.15) is 34.3 Å². The number of esters is 1. The van der Waals surface area contributed by atoms with E-state index in [0.717, 1.165) is 48.8 Å². The summed E-state index contributed by atoms with van der Waals surface area (Å²) in [6.07, 6.45) is -8.56. The lowest BCUT2D eigenvalue weighted by Gasteiger charge is -2.30. The minimum Gasteiger partial charge on any atom is -0.465 e. The van der Waals surface area contributed by atoms with Gasteiger partial charge in [-0.05, 0) is 24.1 Å². The highest BCUT2D eigenvalue weighted by Gasteiger charge is 2.54. The van der Waals surface area contributed by atoms with E-state index in [1.54, 1.807) is 18.2 Å². The summed E-state index contributed by atoms with van der Waals surface area (Å²) in [5.74, 6) is 5.11. The summed E-state index contributed by atoms with van der Waals surface area (Å²) in [6.45, 7) is 1.01. The third-order valence-corrected chi connectivity index (χ3v) is 6.73. The quantitative estimate of drug-likeness (QED) is 0.166. The number of pyridine rings is 1. The van der Waals surface area contributed by atoms with Crippen molar-refractivity contribution in [2.45, 2.75) is 37.8 Å². The number of nitrogens with two attached hydrogens (primary N) is 2. The smallest absolute Gasteiger partial charge is 0.433 e. The molecule has 0 aliphatic heterocycles. The summed E-state index contributed by atoms with van der Waals surface area (Å²) in [7, 11) is 1.16. The maximum atomic E-state index is 13.2. The minimum absolute atomic E-state index is 0.114. The van der Waals surface area contributed by atoms with Crippen molar-refractivity contribution in [1.82, 2.24) is 9.99 Å². The number of carbonyl (C=O) groups excluding carboxylic acids is 1. The second-order valence-electron chi connectivity index (χ2n) is 8.03. The number of benzene rings is 1. The Kier molecular flexibility index (Phi) is 7.77. The number of fused-ring (bicyclic) bond motifs is 1. The zero-order valence-corrected chi connectivity index (χ0v) is 20.3. The van der Waals surface area contributed by atoms with Crippen LogP contribution in [-0.4, -0.2) is 40.0 Å². The number of aromatic nitrogens is 1. The SMILES string of the molecule is CCC(O)(/C(N)=C/N(N)Cc1ccc2c(-c3ccc(C(F)(F)F)nc3)c(C(=O)OC)sc2c1)C(F)(F)F. The number of carbonyl (C=O) groups is 1. The fraction of sp³-hybridized carbons (Fsp3) is 0.304. The Labute approximate surface area is 210 Å². The van der Waals surface area contributed by atoms with Gasteiger partial charge in [-0.15, -0.1) is 11.3 Å². The fourth-order valence-corrected chi connectivity index (χ4v) is 4.79. The molecule has 1 aromatic carbocycles. The molecule has 2 aromatic heterocycles. The van der Waals surface area contributed by atoms with Gasteiger partial charge in [0.2, 0.25) is 5.60 Å². The molecule has 37 heavy (non-hydrogen) atoms. The lowest BCUT2D eigenvalue weighted by molar-refractivity contribution is -0.245. The van der Waals surface area contributed by atoms with Gasteiger partial charge >= 0.3 is 18.3 Å². The second kappa shape index (κ2) is 10.2. The van der Waals surface area contributed by atoms with Crippen molar-refractivity contribution in [3.05, 3.63) is 64.6 Å². The number of methoxy groups -OCH3 is 1. The second-order valence-corrected chi connectivity index (χ2v) is 9.08. The van der Waals surface area contributed by atoms with Crippen LogP contribution in [0.3, 0.4) is 0 Å². The normalized spacial score (nSPS) is 14.5. The number of thiophene rings is 1. The third-order valence-electron chi connectivity index (χ3n) is 5.60. The molecule has 1 atom stereocenters. The van der Waals surface area contributed by atoms with Crippen molar-refractivity contribution in [3.63, 3.8) is 0 Å². The number of halogens is 6. The molecule has 5 N–H and O–H groups in total. The fourth-order valence-electron chi connectivity index (χ4n) is 3.58. The molecule has 0 saturated heterocycles. The Bertz CT molecular complexity index is 1320. The molecule has 2 heterocycles. The Hall–Kier alpha value is -3.36. The Morgan fingerprint density at radius 1 is 1.19 bits per heavy atom. The zero-order chi connectivity index (χ0) is 27.8. The largest absolute Gasteiger partial charge is 0.465 e. The monoisotopic (exact) mass is 548 g/mol. The van der Waals surface area contributed by atoms with Gasteiger partial charge in [-0.1, -0.05) is 25.1 Å².